The van der Waals surface area contributed by atoms with E-state index in [-0.39, 0.29) is 0 Å². The second kappa shape index (κ2) is 8.38. The van der Waals surface area contributed by atoms with Gasteiger partial charge in [0.1, 0.15) is 0 Å². The highest BCUT2D eigenvalue weighted by Gasteiger charge is 2.18. The lowest BCUT2D eigenvalue weighted by atomic mass is 10.0. The third-order valence-electron chi connectivity index (χ3n) is 4.00. The van der Waals surface area contributed by atoms with Crippen LogP contribution in [0.5, 0.6) is 0 Å². The lowest BCUT2D eigenvalue weighted by molar-refractivity contribution is 0.195. The first-order chi connectivity index (χ1) is 9.69. The number of halogens is 2. The fourth-order valence-electron chi connectivity index (χ4n) is 2.68. The van der Waals surface area contributed by atoms with Gasteiger partial charge in [-0.25, -0.2) is 0 Å². The third kappa shape index (κ3) is 5.03. The van der Waals surface area contributed by atoms with E-state index in [1.54, 1.807) is 0 Å². The molecule has 0 atom stereocenters. The van der Waals surface area contributed by atoms with Crippen molar-refractivity contribution in [2.45, 2.75) is 45.2 Å². The highest BCUT2D eigenvalue weighted by Crippen LogP contribution is 2.21. The summed E-state index contributed by atoms with van der Waals surface area (Å²) in [5.41, 5.74) is 1.24. The summed E-state index contributed by atoms with van der Waals surface area (Å²) in [4.78, 5) is 2.59. The van der Waals surface area contributed by atoms with E-state index in [1.165, 1.54) is 50.9 Å². The Kier molecular flexibility index (Phi) is 6.82. The predicted octanol–water partition coefficient (Wildman–Crippen LogP) is 4.46. The fourth-order valence-corrected chi connectivity index (χ4v) is 3.26. The van der Waals surface area contributed by atoms with Crippen molar-refractivity contribution >= 4 is 27.5 Å². The smallest absolute Gasteiger partial charge is 0.0410 e. The van der Waals surface area contributed by atoms with E-state index in [2.05, 4.69) is 33.1 Å². The Balaban J connectivity index is 1.74. The average Bonchev–Trinajstić information content (AvgIpc) is 2.47. The summed E-state index contributed by atoms with van der Waals surface area (Å²) in [6, 6.07) is 6.61. The van der Waals surface area contributed by atoms with Gasteiger partial charge in [-0.1, -0.05) is 40.9 Å². The summed E-state index contributed by atoms with van der Waals surface area (Å²) >= 11 is 9.64. The second-order valence-electron chi connectivity index (χ2n) is 5.59. The molecule has 1 heterocycles. The van der Waals surface area contributed by atoms with E-state index in [0.717, 1.165) is 16.0 Å². The molecule has 2 nitrogen and oxygen atoms in total. The van der Waals surface area contributed by atoms with Crippen LogP contribution < -0.4 is 5.32 Å². The average molecular weight is 360 g/mol. The predicted molar refractivity (Wildman–Crippen MR) is 90.4 cm³/mol. The molecule has 0 bridgehead atoms. The fraction of sp³-hybridized carbons (Fsp3) is 0.625. The van der Waals surface area contributed by atoms with Crippen molar-refractivity contribution in [3.63, 3.8) is 0 Å². The minimum Gasteiger partial charge on any atom is -0.310 e. The second-order valence-corrected chi connectivity index (χ2v) is 6.88. The quantitative estimate of drug-likeness (QED) is 0.807. The van der Waals surface area contributed by atoms with Crippen LogP contribution in [0.3, 0.4) is 0 Å². The number of rotatable bonds is 6. The van der Waals surface area contributed by atoms with Gasteiger partial charge in [0, 0.05) is 22.1 Å². The Morgan fingerprint density at radius 3 is 2.80 bits per heavy atom. The first-order valence-electron chi connectivity index (χ1n) is 7.58. The molecule has 0 aliphatic carbocycles. The van der Waals surface area contributed by atoms with Crippen molar-refractivity contribution < 1.29 is 0 Å². The van der Waals surface area contributed by atoms with E-state index in [1.807, 2.05) is 18.2 Å². The van der Waals surface area contributed by atoms with Gasteiger partial charge in [-0.3, -0.25) is 0 Å². The minimum absolute atomic E-state index is 0.638. The normalized spacial score (nSPS) is 17.6. The number of unbranched alkanes of at least 4 members (excludes halogenated alkanes) is 1. The molecule has 1 N–H and O–H groups in total. The highest BCUT2D eigenvalue weighted by atomic mass is 79.9. The summed E-state index contributed by atoms with van der Waals surface area (Å²) < 4.78 is 1.13. The van der Waals surface area contributed by atoms with E-state index in [0.29, 0.717) is 6.04 Å². The van der Waals surface area contributed by atoms with Gasteiger partial charge in [0.2, 0.25) is 0 Å². The van der Waals surface area contributed by atoms with E-state index >= 15 is 0 Å². The zero-order chi connectivity index (χ0) is 14.4. The van der Waals surface area contributed by atoms with E-state index < -0.39 is 0 Å². The monoisotopic (exact) mass is 358 g/mol. The number of nitrogens with zero attached hydrogens (tertiary/aromatic N) is 1. The number of benzene rings is 1. The molecule has 1 fully saturated rings. The molecule has 112 valence electrons. The van der Waals surface area contributed by atoms with Gasteiger partial charge in [0.05, 0.1) is 0 Å². The molecule has 0 spiro atoms. The Hall–Kier alpha value is -0.0900. The van der Waals surface area contributed by atoms with Crippen LogP contribution in [-0.2, 0) is 6.54 Å². The molecule has 4 heteroatoms. The van der Waals surface area contributed by atoms with Crippen LogP contribution in [0.4, 0.5) is 0 Å². The van der Waals surface area contributed by atoms with Crippen LogP contribution in [0.2, 0.25) is 5.02 Å². The van der Waals surface area contributed by atoms with Crippen LogP contribution in [0, 0.1) is 0 Å². The largest absolute Gasteiger partial charge is 0.310 e. The van der Waals surface area contributed by atoms with E-state index in [4.69, 9.17) is 11.6 Å². The van der Waals surface area contributed by atoms with Crippen molar-refractivity contribution in [3.8, 4) is 0 Å². The SMILES string of the molecule is CCCCN1CCC(NCc2cc(Cl)ccc2Br)CC1. The van der Waals surface area contributed by atoms with Crippen LogP contribution in [0.25, 0.3) is 0 Å². The molecule has 2 rings (SSSR count). The van der Waals surface area contributed by atoms with Gasteiger partial charge in [0.15, 0.2) is 0 Å². The van der Waals surface area contributed by atoms with Gasteiger partial charge in [-0.05, 0) is 62.7 Å². The maximum absolute atomic E-state index is 6.05. The maximum atomic E-state index is 6.05. The summed E-state index contributed by atoms with van der Waals surface area (Å²) in [5.74, 6) is 0. The Bertz CT molecular complexity index is 417. The molecule has 20 heavy (non-hydrogen) atoms. The number of nitrogens with one attached hydrogen (secondary N) is 1. The van der Waals surface area contributed by atoms with Crippen molar-refractivity contribution in [2.75, 3.05) is 19.6 Å². The van der Waals surface area contributed by atoms with Gasteiger partial charge in [-0.2, -0.15) is 0 Å². The number of piperidine rings is 1. The first-order valence-corrected chi connectivity index (χ1v) is 8.76. The van der Waals surface area contributed by atoms with Crippen LogP contribution in [0.1, 0.15) is 38.2 Å². The zero-order valence-corrected chi connectivity index (χ0v) is 14.5. The zero-order valence-electron chi connectivity index (χ0n) is 12.2. The summed E-state index contributed by atoms with van der Waals surface area (Å²) in [7, 11) is 0. The van der Waals surface area contributed by atoms with Crippen molar-refractivity contribution in [2.24, 2.45) is 0 Å². The lowest BCUT2D eigenvalue weighted by Gasteiger charge is -2.32. The molecule has 0 aromatic heterocycles. The van der Waals surface area contributed by atoms with E-state index in [9.17, 15) is 0 Å². The molecule has 1 aliphatic rings. The molecule has 1 saturated heterocycles. The summed E-state index contributed by atoms with van der Waals surface area (Å²) in [6.45, 7) is 6.88. The van der Waals surface area contributed by atoms with Crippen molar-refractivity contribution in [3.05, 3.63) is 33.3 Å². The molecular weight excluding hydrogens is 336 g/mol. The van der Waals surface area contributed by atoms with Crippen LogP contribution in [0.15, 0.2) is 22.7 Å². The number of hydrogen-bond donors (Lipinski definition) is 1. The third-order valence-corrected chi connectivity index (χ3v) is 5.01. The number of likely N-dealkylation sites (tertiary alicyclic amines) is 1. The molecule has 0 unspecified atom stereocenters. The Labute approximate surface area is 136 Å². The van der Waals surface area contributed by atoms with Gasteiger partial charge in [0.25, 0.3) is 0 Å². The Morgan fingerprint density at radius 2 is 2.10 bits per heavy atom. The highest BCUT2D eigenvalue weighted by molar-refractivity contribution is 9.10. The van der Waals surface area contributed by atoms with Crippen molar-refractivity contribution in [1.82, 2.24) is 10.2 Å². The molecule has 1 aromatic rings. The molecule has 1 aliphatic heterocycles. The van der Waals surface area contributed by atoms with Gasteiger partial charge >= 0.3 is 0 Å². The summed E-state index contributed by atoms with van der Waals surface area (Å²) in [6.07, 6.45) is 5.12. The minimum atomic E-state index is 0.638. The number of hydrogen-bond acceptors (Lipinski definition) is 2. The summed E-state index contributed by atoms with van der Waals surface area (Å²) in [5, 5.41) is 4.47. The maximum Gasteiger partial charge on any atom is 0.0410 e. The van der Waals surface area contributed by atoms with Gasteiger partial charge in [-0.15, -0.1) is 0 Å². The van der Waals surface area contributed by atoms with Crippen molar-refractivity contribution in [1.29, 1.82) is 0 Å². The standard InChI is InChI=1S/C16H24BrClN2/c1-2-3-8-20-9-6-15(7-10-20)19-12-13-11-14(18)4-5-16(13)17/h4-5,11,15,19H,2-3,6-10,12H2,1H3. The molecule has 0 amide bonds. The first kappa shape index (κ1) is 16.3. The lowest BCUT2D eigenvalue weighted by Crippen LogP contribution is -2.42. The molecule has 1 aromatic carbocycles. The van der Waals surface area contributed by atoms with Gasteiger partial charge < -0.3 is 10.2 Å². The van der Waals surface area contributed by atoms with Crippen LogP contribution in [-0.4, -0.2) is 30.6 Å². The van der Waals surface area contributed by atoms with Crippen LogP contribution >= 0.6 is 27.5 Å². The topological polar surface area (TPSA) is 15.3 Å². The molecule has 0 saturated carbocycles. The molecule has 0 radical (unpaired) electrons. The molecular formula is C16H24BrClN2. The Morgan fingerprint density at radius 1 is 1.35 bits per heavy atom.